The minimum atomic E-state index is -0.492. The van der Waals surface area contributed by atoms with Crippen LogP contribution in [-0.2, 0) is 11.3 Å². The van der Waals surface area contributed by atoms with Crippen LogP contribution in [0, 0.1) is 24.0 Å². The van der Waals surface area contributed by atoms with E-state index in [2.05, 4.69) is 10.4 Å². The van der Waals surface area contributed by atoms with Gasteiger partial charge in [-0.3, -0.25) is 19.6 Å². The van der Waals surface area contributed by atoms with Crippen molar-refractivity contribution in [1.29, 1.82) is 0 Å². The van der Waals surface area contributed by atoms with E-state index in [4.69, 9.17) is 9.47 Å². The summed E-state index contributed by atoms with van der Waals surface area (Å²) in [4.78, 5) is 22.4. The minimum absolute atomic E-state index is 0.0610. The van der Waals surface area contributed by atoms with Gasteiger partial charge in [0.2, 0.25) is 5.91 Å². The van der Waals surface area contributed by atoms with Crippen molar-refractivity contribution in [2.24, 2.45) is 0 Å². The van der Waals surface area contributed by atoms with Gasteiger partial charge < -0.3 is 14.8 Å². The smallest absolute Gasteiger partial charge is 0.312 e. The number of carbonyl (C=O) groups is 1. The number of carbonyl (C=O) groups excluding carboxylic acids is 1. The van der Waals surface area contributed by atoms with Gasteiger partial charge in [-0.25, -0.2) is 0 Å². The van der Waals surface area contributed by atoms with Gasteiger partial charge in [-0.15, -0.1) is 0 Å². The third-order valence-electron chi connectivity index (χ3n) is 3.55. The number of nitro groups is 1. The summed E-state index contributed by atoms with van der Waals surface area (Å²) in [5, 5.41) is 17.7. The van der Waals surface area contributed by atoms with E-state index in [-0.39, 0.29) is 30.4 Å². The van der Waals surface area contributed by atoms with Gasteiger partial charge in [0.1, 0.15) is 36.0 Å². The minimum Gasteiger partial charge on any atom is -0.497 e. The summed E-state index contributed by atoms with van der Waals surface area (Å²) in [5.74, 6) is 1.03. The molecule has 1 aromatic carbocycles. The van der Waals surface area contributed by atoms with E-state index < -0.39 is 4.92 Å². The maximum atomic E-state index is 11.9. The molecule has 25 heavy (non-hydrogen) atoms. The normalized spacial score (nSPS) is 10.4. The van der Waals surface area contributed by atoms with Crippen molar-refractivity contribution in [3.05, 3.63) is 45.8 Å². The third kappa shape index (κ3) is 4.69. The van der Waals surface area contributed by atoms with Gasteiger partial charge in [-0.1, -0.05) is 6.07 Å². The summed E-state index contributed by atoms with van der Waals surface area (Å²) in [6.07, 6.45) is 0. The number of ether oxygens (including phenoxy) is 2. The molecule has 9 nitrogen and oxygen atoms in total. The molecule has 134 valence electrons. The van der Waals surface area contributed by atoms with Crippen LogP contribution in [0.3, 0.4) is 0 Å². The zero-order chi connectivity index (χ0) is 18.4. The Morgan fingerprint density at radius 3 is 2.72 bits per heavy atom. The molecule has 0 aliphatic heterocycles. The zero-order valence-corrected chi connectivity index (χ0v) is 14.3. The van der Waals surface area contributed by atoms with Crippen molar-refractivity contribution >= 4 is 11.6 Å². The van der Waals surface area contributed by atoms with E-state index in [1.54, 1.807) is 33.1 Å². The molecule has 0 aliphatic carbocycles. The standard InChI is InChI=1S/C16H20N4O5/c1-11-16(20(22)23)12(2)19(18-11)10-15(21)17-7-8-25-14-6-4-5-13(9-14)24-3/h4-6,9H,7-8,10H2,1-3H3,(H,17,21). The number of aromatic nitrogens is 2. The first-order valence-electron chi connectivity index (χ1n) is 7.64. The van der Waals surface area contributed by atoms with E-state index in [0.717, 1.165) is 0 Å². The van der Waals surface area contributed by atoms with Crippen molar-refractivity contribution in [3.8, 4) is 11.5 Å². The highest BCUT2D eigenvalue weighted by molar-refractivity contribution is 5.75. The number of rotatable bonds is 8. The van der Waals surface area contributed by atoms with Gasteiger partial charge in [-0.05, 0) is 26.0 Å². The largest absolute Gasteiger partial charge is 0.497 e. The summed E-state index contributed by atoms with van der Waals surface area (Å²) in [5.41, 5.74) is 0.580. The molecule has 1 N–H and O–H groups in total. The van der Waals surface area contributed by atoms with Crippen molar-refractivity contribution < 1.29 is 19.2 Å². The lowest BCUT2D eigenvalue weighted by Gasteiger charge is -2.09. The lowest BCUT2D eigenvalue weighted by molar-refractivity contribution is -0.386. The molecule has 1 heterocycles. The maximum Gasteiger partial charge on any atom is 0.312 e. The van der Waals surface area contributed by atoms with Gasteiger partial charge in [0.15, 0.2) is 0 Å². The highest BCUT2D eigenvalue weighted by Crippen LogP contribution is 2.21. The van der Waals surface area contributed by atoms with Crippen LogP contribution in [0.1, 0.15) is 11.4 Å². The fraction of sp³-hybridized carbons (Fsp3) is 0.375. The van der Waals surface area contributed by atoms with Crippen LogP contribution in [0.5, 0.6) is 11.5 Å². The first-order valence-corrected chi connectivity index (χ1v) is 7.64. The number of aryl methyl sites for hydroxylation is 1. The van der Waals surface area contributed by atoms with Crippen molar-refractivity contribution in [1.82, 2.24) is 15.1 Å². The van der Waals surface area contributed by atoms with Gasteiger partial charge >= 0.3 is 5.69 Å². The predicted molar refractivity (Wildman–Crippen MR) is 89.9 cm³/mol. The SMILES string of the molecule is COc1cccc(OCCNC(=O)Cn2nc(C)c([N+](=O)[O-])c2C)c1. The molecule has 0 saturated carbocycles. The number of amides is 1. The lowest BCUT2D eigenvalue weighted by Crippen LogP contribution is -2.31. The Morgan fingerprint density at radius 1 is 1.36 bits per heavy atom. The predicted octanol–water partition coefficient (Wildman–Crippen LogP) is 1.61. The van der Waals surface area contributed by atoms with E-state index in [1.165, 1.54) is 4.68 Å². The number of nitrogens with zero attached hydrogens (tertiary/aromatic N) is 3. The van der Waals surface area contributed by atoms with E-state index in [0.29, 0.717) is 23.7 Å². The third-order valence-corrected chi connectivity index (χ3v) is 3.55. The number of benzene rings is 1. The van der Waals surface area contributed by atoms with Crippen LogP contribution < -0.4 is 14.8 Å². The molecule has 2 rings (SSSR count). The van der Waals surface area contributed by atoms with Crippen molar-refractivity contribution in [2.45, 2.75) is 20.4 Å². The van der Waals surface area contributed by atoms with Crippen LogP contribution in [0.25, 0.3) is 0 Å². The molecular formula is C16H20N4O5. The fourth-order valence-corrected chi connectivity index (χ4v) is 2.35. The Morgan fingerprint density at radius 2 is 2.08 bits per heavy atom. The Bertz CT molecular complexity index is 772. The van der Waals surface area contributed by atoms with Crippen LogP contribution >= 0.6 is 0 Å². The van der Waals surface area contributed by atoms with Crippen molar-refractivity contribution in [3.63, 3.8) is 0 Å². The molecule has 0 atom stereocenters. The molecule has 0 unspecified atom stereocenters. The molecule has 0 aliphatic rings. The van der Waals surface area contributed by atoms with Crippen LogP contribution in [-0.4, -0.2) is 40.9 Å². The Hall–Kier alpha value is -3.10. The molecule has 0 spiro atoms. The molecular weight excluding hydrogens is 328 g/mol. The Kier molecular flexibility index (Phi) is 5.93. The topological polar surface area (TPSA) is 109 Å². The zero-order valence-electron chi connectivity index (χ0n) is 14.3. The maximum absolute atomic E-state index is 11.9. The summed E-state index contributed by atoms with van der Waals surface area (Å²) in [6, 6.07) is 7.15. The quantitative estimate of drug-likeness (QED) is 0.441. The second kappa shape index (κ2) is 8.13. The molecule has 1 aromatic heterocycles. The second-order valence-electron chi connectivity index (χ2n) is 5.31. The lowest BCUT2D eigenvalue weighted by atomic mass is 10.3. The highest BCUT2D eigenvalue weighted by Gasteiger charge is 2.22. The van der Waals surface area contributed by atoms with Crippen molar-refractivity contribution in [2.75, 3.05) is 20.3 Å². The first-order chi connectivity index (χ1) is 11.9. The van der Waals surface area contributed by atoms with E-state index in [9.17, 15) is 14.9 Å². The first kappa shape index (κ1) is 18.2. The van der Waals surface area contributed by atoms with Gasteiger partial charge in [0, 0.05) is 6.07 Å². The van der Waals surface area contributed by atoms with Gasteiger partial charge in [0.25, 0.3) is 0 Å². The van der Waals surface area contributed by atoms with Gasteiger partial charge in [0.05, 0.1) is 18.6 Å². The fourth-order valence-electron chi connectivity index (χ4n) is 2.35. The van der Waals surface area contributed by atoms with Gasteiger partial charge in [-0.2, -0.15) is 5.10 Å². The Labute approximate surface area is 144 Å². The number of hydrogen-bond acceptors (Lipinski definition) is 6. The molecule has 0 bridgehead atoms. The molecule has 9 heteroatoms. The monoisotopic (exact) mass is 348 g/mol. The molecule has 0 fully saturated rings. The number of nitrogens with one attached hydrogen (secondary N) is 1. The molecule has 0 saturated heterocycles. The second-order valence-corrected chi connectivity index (χ2v) is 5.31. The average molecular weight is 348 g/mol. The Balaban J connectivity index is 1.81. The number of hydrogen-bond donors (Lipinski definition) is 1. The van der Waals surface area contributed by atoms with E-state index >= 15 is 0 Å². The highest BCUT2D eigenvalue weighted by atomic mass is 16.6. The van der Waals surface area contributed by atoms with Crippen LogP contribution in [0.4, 0.5) is 5.69 Å². The summed E-state index contributed by atoms with van der Waals surface area (Å²) in [7, 11) is 1.57. The summed E-state index contributed by atoms with van der Waals surface area (Å²) >= 11 is 0. The average Bonchev–Trinajstić information content (AvgIpc) is 2.85. The number of methoxy groups -OCH3 is 1. The van der Waals surface area contributed by atoms with Crippen LogP contribution in [0.15, 0.2) is 24.3 Å². The van der Waals surface area contributed by atoms with Crippen LogP contribution in [0.2, 0.25) is 0 Å². The molecule has 0 radical (unpaired) electrons. The molecule has 2 aromatic rings. The van der Waals surface area contributed by atoms with E-state index in [1.807, 2.05) is 12.1 Å². The summed E-state index contributed by atoms with van der Waals surface area (Å²) < 4.78 is 11.9. The molecule has 1 amide bonds. The summed E-state index contributed by atoms with van der Waals surface area (Å²) in [6.45, 7) is 3.62.